The maximum atomic E-state index is 13.6. The number of halogens is 2. The highest BCUT2D eigenvalue weighted by atomic mass is 19.1. The lowest BCUT2D eigenvalue weighted by Gasteiger charge is -2.09. The Balaban J connectivity index is 2.25. The van der Waals surface area contributed by atoms with Gasteiger partial charge in [0.15, 0.2) is 0 Å². The van der Waals surface area contributed by atoms with Crippen molar-refractivity contribution in [3.63, 3.8) is 0 Å². The average Bonchev–Trinajstić information content (AvgIpc) is 2.41. The van der Waals surface area contributed by atoms with Gasteiger partial charge < -0.3 is 10.4 Å². The van der Waals surface area contributed by atoms with Crippen LogP contribution >= 0.6 is 0 Å². The largest absolute Gasteiger partial charge is 0.506 e. The van der Waals surface area contributed by atoms with E-state index in [1.165, 1.54) is 6.07 Å². The van der Waals surface area contributed by atoms with Crippen LogP contribution in [-0.4, -0.2) is 15.0 Å². The molecule has 6 nitrogen and oxygen atoms in total. The van der Waals surface area contributed by atoms with Gasteiger partial charge in [-0.3, -0.25) is 15.1 Å². The molecule has 2 aromatic rings. The van der Waals surface area contributed by atoms with E-state index in [0.717, 1.165) is 6.07 Å². The van der Waals surface area contributed by atoms with Crippen LogP contribution in [0.25, 0.3) is 0 Å². The van der Waals surface area contributed by atoms with Crippen LogP contribution in [0.4, 0.5) is 20.2 Å². The lowest BCUT2D eigenvalue weighted by atomic mass is 10.2. The van der Waals surface area contributed by atoms with E-state index in [4.69, 9.17) is 0 Å². The van der Waals surface area contributed by atoms with Crippen LogP contribution in [0.5, 0.6) is 5.75 Å². The molecule has 0 spiro atoms. The van der Waals surface area contributed by atoms with E-state index in [1.807, 2.05) is 0 Å². The number of benzene rings is 1. The normalized spacial score (nSPS) is 10.4. The highest BCUT2D eigenvalue weighted by Crippen LogP contribution is 2.26. The molecule has 1 aromatic carbocycles. The van der Waals surface area contributed by atoms with Gasteiger partial charge in [-0.15, -0.1) is 0 Å². The molecule has 0 atom stereocenters. The minimum absolute atomic E-state index is 0.0623. The van der Waals surface area contributed by atoms with Gasteiger partial charge in [-0.05, 0) is 19.1 Å². The Hall–Kier alpha value is -2.77. The third-order valence-corrected chi connectivity index (χ3v) is 2.77. The van der Waals surface area contributed by atoms with Crippen molar-refractivity contribution in [1.82, 2.24) is 4.98 Å². The Morgan fingerprint density at radius 3 is 2.71 bits per heavy atom. The van der Waals surface area contributed by atoms with Crippen LogP contribution in [0.2, 0.25) is 0 Å². The first-order valence-electron chi connectivity index (χ1n) is 5.91. The molecule has 8 heteroatoms. The van der Waals surface area contributed by atoms with Gasteiger partial charge in [0.1, 0.15) is 17.3 Å². The third-order valence-electron chi connectivity index (χ3n) is 2.77. The van der Waals surface area contributed by atoms with E-state index in [0.29, 0.717) is 11.8 Å². The van der Waals surface area contributed by atoms with Crippen LogP contribution in [0.15, 0.2) is 24.3 Å². The second kappa shape index (κ2) is 5.70. The minimum Gasteiger partial charge on any atom is -0.506 e. The summed E-state index contributed by atoms with van der Waals surface area (Å²) in [4.78, 5) is 13.7. The van der Waals surface area contributed by atoms with E-state index in [2.05, 4.69) is 10.3 Å². The zero-order valence-corrected chi connectivity index (χ0v) is 10.9. The van der Waals surface area contributed by atoms with E-state index < -0.39 is 22.2 Å². The summed E-state index contributed by atoms with van der Waals surface area (Å²) in [6, 6.07) is 4.23. The molecule has 2 rings (SSSR count). The quantitative estimate of drug-likeness (QED) is 0.669. The van der Waals surface area contributed by atoms with Crippen LogP contribution < -0.4 is 5.32 Å². The molecule has 0 saturated heterocycles. The van der Waals surface area contributed by atoms with Gasteiger partial charge in [0.2, 0.25) is 5.82 Å². The summed E-state index contributed by atoms with van der Waals surface area (Å²) in [5.74, 6) is -2.31. The van der Waals surface area contributed by atoms with E-state index >= 15 is 0 Å². The molecule has 1 heterocycles. The maximum Gasteiger partial charge on any atom is 0.307 e. The summed E-state index contributed by atoms with van der Waals surface area (Å²) in [7, 11) is 0. The Kier molecular flexibility index (Phi) is 3.97. The van der Waals surface area contributed by atoms with E-state index in [-0.39, 0.29) is 23.7 Å². The molecule has 0 unspecified atom stereocenters. The maximum absolute atomic E-state index is 13.6. The molecular weight excluding hydrogens is 284 g/mol. The zero-order chi connectivity index (χ0) is 15.6. The Labute approximate surface area is 118 Å². The van der Waals surface area contributed by atoms with Crippen LogP contribution in [0.3, 0.4) is 0 Å². The molecule has 0 aliphatic rings. The first-order valence-corrected chi connectivity index (χ1v) is 5.91. The summed E-state index contributed by atoms with van der Waals surface area (Å²) in [5.41, 5.74) is -0.178. The van der Waals surface area contributed by atoms with Crippen LogP contribution in [0, 0.1) is 28.7 Å². The fourth-order valence-corrected chi connectivity index (χ4v) is 1.73. The lowest BCUT2D eigenvalue weighted by molar-refractivity contribution is -0.387. The van der Waals surface area contributed by atoms with Gasteiger partial charge in [-0.1, -0.05) is 0 Å². The van der Waals surface area contributed by atoms with Crippen LogP contribution in [0.1, 0.15) is 11.4 Å². The molecule has 1 aromatic heterocycles. The van der Waals surface area contributed by atoms with Gasteiger partial charge in [-0.2, -0.15) is 4.39 Å². The van der Waals surface area contributed by atoms with Crippen molar-refractivity contribution in [3.05, 3.63) is 57.4 Å². The number of anilines is 1. The highest BCUT2D eigenvalue weighted by molar-refractivity contribution is 5.53. The number of aromatic nitrogens is 1. The van der Waals surface area contributed by atoms with Crippen molar-refractivity contribution < 1.29 is 18.8 Å². The van der Waals surface area contributed by atoms with Crippen molar-refractivity contribution in [2.24, 2.45) is 0 Å². The minimum atomic E-state index is -1.25. The third kappa shape index (κ3) is 3.22. The smallest absolute Gasteiger partial charge is 0.307 e. The molecule has 0 bridgehead atoms. The van der Waals surface area contributed by atoms with Gasteiger partial charge in [0, 0.05) is 17.8 Å². The number of nitrogens with one attached hydrogen (secondary N) is 1. The number of hydrogen-bond acceptors (Lipinski definition) is 5. The summed E-state index contributed by atoms with van der Waals surface area (Å²) in [6.45, 7) is 1.65. The summed E-state index contributed by atoms with van der Waals surface area (Å²) < 4.78 is 26.8. The van der Waals surface area contributed by atoms with Gasteiger partial charge in [0.05, 0.1) is 17.2 Å². The second-order valence-electron chi connectivity index (χ2n) is 4.31. The average molecular weight is 295 g/mol. The number of nitro benzene ring substituents is 1. The van der Waals surface area contributed by atoms with Gasteiger partial charge in [0.25, 0.3) is 0 Å². The number of nitro groups is 1. The van der Waals surface area contributed by atoms with Gasteiger partial charge >= 0.3 is 5.69 Å². The predicted octanol–water partition coefficient (Wildman–Crippen LogP) is 2.89. The van der Waals surface area contributed by atoms with Crippen molar-refractivity contribution >= 4 is 11.4 Å². The summed E-state index contributed by atoms with van der Waals surface area (Å²) >= 11 is 0. The fraction of sp³-hybridized carbons (Fsp3) is 0.154. The molecule has 0 fully saturated rings. The van der Waals surface area contributed by atoms with Crippen molar-refractivity contribution in [2.45, 2.75) is 13.5 Å². The van der Waals surface area contributed by atoms with E-state index in [1.54, 1.807) is 13.0 Å². The van der Waals surface area contributed by atoms with Crippen molar-refractivity contribution in [1.29, 1.82) is 0 Å². The monoisotopic (exact) mass is 295 g/mol. The highest BCUT2D eigenvalue weighted by Gasteiger charge is 2.18. The van der Waals surface area contributed by atoms with Crippen molar-refractivity contribution in [3.8, 4) is 5.75 Å². The number of aromatic hydroxyl groups is 1. The molecule has 0 saturated carbocycles. The number of nitrogens with zero attached hydrogens (tertiary/aromatic N) is 2. The van der Waals surface area contributed by atoms with Gasteiger partial charge in [-0.25, -0.2) is 4.39 Å². The topological polar surface area (TPSA) is 88.3 Å². The Bertz CT molecular complexity index is 707. The van der Waals surface area contributed by atoms with Crippen molar-refractivity contribution in [2.75, 3.05) is 5.32 Å². The standard InChI is InChI=1S/C13H11F2N3O3/c1-7-2-3-13(19)11(17-7)6-16-10-5-12(18(20)21)9(15)4-8(10)14/h2-5,16,19H,6H2,1H3. The molecule has 0 aliphatic carbocycles. The molecule has 0 radical (unpaired) electrons. The fourth-order valence-electron chi connectivity index (χ4n) is 1.73. The molecule has 0 amide bonds. The predicted molar refractivity (Wildman–Crippen MR) is 71.0 cm³/mol. The second-order valence-corrected chi connectivity index (χ2v) is 4.31. The Morgan fingerprint density at radius 2 is 2.05 bits per heavy atom. The number of rotatable bonds is 4. The van der Waals surface area contributed by atoms with Crippen LogP contribution in [-0.2, 0) is 6.54 Å². The molecular formula is C13H11F2N3O3. The first-order chi connectivity index (χ1) is 9.88. The molecule has 110 valence electrons. The number of pyridine rings is 1. The first kappa shape index (κ1) is 14.6. The lowest BCUT2D eigenvalue weighted by Crippen LogP contribution is -2.06. The molecule has 2 N–H and O–H groups in total. The Morgan fingerprint density at radius 1 is 1.33 bits per heavy atom. The summed E-state index contributed by atoms with van der Waals surface area (Å²) in [6.07, 6.45) is 0. The van der Waals surface area contributed by atoms with E-state index in [9.17, 15) is 24.0 Å². The number of aryl methyl sites for hydroxylation is 1. The molecule has 0 aliphatic heterocycles. The summed E-state index contributed by atoms with van der Waals surface area (Å²) in [5, 5.41) is 22.8. The SMILES string of the molecule is Cc1ccc(O)c(CNc2cc([N+](=O)[O-])c(F)cc2F)n1. The molecule has 21 heavy (non-hydrogen) atoms. The number of hydrogen-bond donors (Lipinski definition) is 2. The zero-order valence-electron chi connectivity index (χ0n) is 10.9.